The maximum absolute atomic E-state index is 15.2. The van der Waals surface area contributed by atoms with Gasteiger partial charge in [0.2, 0.25) is 0 Å². The van der Waals surface area contributed by atoms with Crippen LogP contribution >= 0.6 is 0 Å². The van der Waals surface area contributed by atoms with Gasteiger partial charge >= 0.3 is 6.03 Å². The predicted octanol–water partition coefficient (Wildman–Crippen LogP) is 3.75. The number of carbonyl (C=O) groups is 3. The fourth-order valence-electron chi connectivity index (χ4n) is 6.71. The lowest BCUT2D eigenvalue weighted by Crippen LogP contribution is -2.44. The number of amides is 2. The number of carbonyl (C=O) groups excluding carboxylic acids is 3. The van der Waals surface area contributed by atoms with Crippen LogP contribution in [-0.2, 0) is 22.7 Å². The van der Waals surface area contributed by atoms with Crippen molar-refractivity contribution in [2.75, 3.05) is 33.2 Å². The Balaban J connectivity index is 1.28. The molecule has 1 aromatic carbocycles. The number of nitrogens with one attached hydrogen (secondary N) is 1. The molecule has 2 amide bonds. The molecule has 0 atom stereocenters. The summed E-state index contributed by atoms with van der Waals surface area (Å²) in [5.74, 6) is -0.531. The second kappa shape index (κ2) is 9.95. The Morgan fingerprint density at radius 1 is 1.12 bits per heavy atom. The Morgan fingerprint density at radius 2 is 1.93 bits per heavy atom. The summed E-state index contributed by atoms with van der Waals surface area (Å²) in [4.78, 5) is 48.0. The molecule has 0 bridgehead atoms. The number of ketones is 2. The van der Waals surface area contributed by atoms with Crippen molar-refractivity contribution in [2.45, 2.75) is 32.4 Å². The number of aromatic nitrogens is 3. The predicted molar refractivity (Wildman–Crippen MR) is 153 cm³/mol. The molecule has 1 saturated heterocycles. The summed E-state index contributed by atoms with van der Waals surface area (Å²) in [6.45, 7) is 3.84. The first-order valence-corrected chi connectivity index (χ1v) is 14.1. The van der Waals surface area contributed by atoms with Crippen LogP contribution in [0.15, 0.2) is 48.9 Å². The third kappa shape index (κ3) is 4.33. The smallest absolute Gasteiger partial charge is 0.320 e. The highest BCUT2D eigenvalue weighted by atomic mass is 19.1. The Hall–Kier alpha value is -4.31. The Morgan fingerprint density at radius 3 is 2.76 bits per heavy atom. The number of hydrogen-bond donors (Lipinski definition) is 1. The second-order valence-electron chi connectivity index (χ2n) is 11.3. The van der Waals surface area contributed by atoms with E-state index in [9.17, 15) is 14.4 Å². The molecule has 3 aliphatic rings. The quantitative estimate of drug-likeness (QED) is 0.388. The van der Waals surface area contributed by atoms with Crippen molar-refractivity contribution in [2.24, 2.45) is 5.92 Å². The SMILES string of the molecule is CN(CC1CCNCC1)C(=O)N1CCn2cc(C3=C(c4cnc5ccccn45)C(=O)CC3=O)c3cc(F)cc(c32)C1. The fraction of sp³-hybridized carbons (Fsp3) is 0.355. The van der Waals surface area contributed by atoms with Crippen molar-refractivity contribution < 1.29 is 18.8 Å². The molecule has 9 nitrogen and oxygen atoms in total. The zero-order chi connectivity index (χ0) is 28.2. The van der Waals surface area contributed by atoms with Crippen molar-refractivity contribution in [3.05, 3.63) is 71.6 Å². The Kier molecular flexibility index (Phi) is 6.23. The lowest BCUT2D eigenvalue weighted by molar-refractivity contribution is -0.119. The molecule has 0 unspecified atom stereocenters. The lowest BCUT2D eigenvalue weighted by Gasteiger charge is -2.31. The number of hydrogen-bond acceptors (Lipinski definition) is 5. The number of urea groups is 1. The number of piperidine rings is 1. The van der Waals surface area contributed by atoms with Gasteiger partial charge in [0.1, 0.15) is 11.5 Å². The van der Waals surface area contributed by atoms with Crippen LogP contribution < -0.4 is 5.32 Å². The highest BCUT2D eigenvalue weighted by Gasteiger charge is 2.36. The molecule has 5 heterocycles. The van der Waals surface area contributed by atoms with Gasteiger partial charge in [0.15, 0.2) is 11.6 Å². The number of benzene rings is 1. The van der Waals surface area contributed by atoms with E-state index in [-0.39, 0.29) is 30.6 Å². The summed E-state index contributed by atoms with van der Waals surface area (Å²) in [5, 5.41) is 3.93. The Labute approximate surface area is 236 Å². The van der Waals surface area contributed by atoms with E-state index in [0.29, 0.717) is 64.6 Å². The summed E-state index contributed by atoms with van der Waals surface area (Å²) in [7, 11) is 1.84. The minimum Gasteiger partial charge on any atom is -0.345 e. The third-order valence-electron chi connectivity index (χ3n) is 8.65. The normalized spacial score (nSPS) is 18.1. The van der Waals surface area contributed by atoms with Crippen molar-refractivity contribution in [1.82, 2.24) is 29.1 Å². The number of fused-ring (bicyclic) bond motifs is 1. The van der Waals surface area contributed by atoms with E-state index in [0.717, 1.165) is 31.4 Å². The van der Waals surface area contributed by atoms with Crippen LogP contribution in [0.5, 0.6) is 0 Å². The van der Waals surface area contributed by atoms with E-state index in [2.05, 4.69) is 10.3 Å². The number of halogens is 1. The molecule has 4 aromatic rings. The van der Waals surface area contributed by atoms with Gasteiger partial charge in [-0.05, 0) is 61.7 Å². The maximum Gasteiger partial charge on any atom is 0.320 e. The van der Waals surface area contributed by atoms with Gasteiger partial charge in [0.05, 0.1) is 29.4 Å². The van der Waals surface area contributed by atoms with E-state index in [4.69, 9.17) is 0 Å². The average molecular weight is 555 g/mol. The van der Waals surface area contributed by atoms with Gasteiger partial charge in [0.25, 0.3) is 0 Å². The first-order valence-electron chi connectivity index (χ1n) is 14.1. The Bertz CT molecular complexity index is 1760. The summed E-state index contributed by atoms with van der Waals surface area (Å²) < 4.78 is 18.9. The molecule has 10 heteroatoms. The molecule has 1 fully saturated rings. The van der Waals surface area contributed by atoms with Crippen molar-refractivity contribution in [3.8, 4) is 0 Å². The van der Waals surface area contributed by atoms with E-state index in [1.807, 2.05) is 42.2 Å². The van der Waals surface area contributed by atoms with E-state index >= 15 is 4.39 Å². The van der Waals surface area contributed by atoms with Crippen molar-refractivity contribution >= 4 is 45.3 Å². The van der Waals surface area contributed by atoms with Crippen LogP contribution in [-0.4, -0.2) is 74.6 Å². The lowest BCUT2D eigenvalue weighted by atomic mass is 9.97. The van der Waals surface area contributed by atoms with Crippen LogP contribution in [0.4, 0.5) is 9.18 Å². The highest BCUT2D eigenvalue weighted by Crippen LogP contribution is 2.41. The maximum atomic E-state index is 15.2. The molecule has 41 heavy (non-hydrogen) atoms. The van der Waals surface area contributed by atoms with Gasteiger partial charge in [0, 0.05) is 62.1 Å². The molecular formula is C31H31FN6O3. The molecule has 7 rings (SSSR count). The molecule has 1 aliphatic carbocycles. The molecule has 1 N–H and O–H groups in total. The van der Waals surface area contributed by atoms with Crippen LogP contribution in [0.1, 0.15) is 36.1 Å². The number of rotatable bonds is 4. The van der Waals surface area contributed by atoms with Crippen LogP contribution in [0.25, 0.3) is 27.7 Å². The number of Topliss-reactive ketones (excluding diaryl/α,β-unsaturated/α-hetero) is 2. The molecule has 0 radical (unpaired) electrons. The summed E-state index contributed by atoms with van der Waals surface area (Å²) >= 11 is 0. The topological polar surface area (TPSA) is 91.9 Å². The van der Waals surface area contributed by atoms with Gasteiger partial charge in [-0.1, -0.05) is 6.07 Å². The largest absolute Gasteiger partial charge is 0.345 e. The number of pyridine rings is 1. The van der Waals surface area contributed by atoms with E-state index < -0.39 is 5.82 Å². The van der Waals surface area contributed by atoms with E-state index in [1.54, 1.807) is 20.4 Å². The van der Waals surface area contributed by atoms with Crippen LogP contribution in [0, 0.1) is 11.7 Å². The van der Waals surface area contributed by atoms with Crippen LogP contribution in [0.2, 0.25) is 0 Å². The molecule has 3 aromatic heterocycles. The summed E-state index contributed by atoms with van der Waals surface area (Å²) in [5.41, 5.74) is 3.84. The second-order valence-corrected chi connectivity index (χ2v) is 11.3. The average Bonchev–Trinajstić information content (AvgIpc) is 3.59. The zero-order valence-electron chi connectivity index (χ0n) is 22.9. The molecule has 0 spiro atoms. The van der Waals surface area contributed by atoms with Crippen LogP contribution in [0.3, 0.4) is 0 Å². The number of nitrogens with zero attached hydrogens (tertiary/aromatic N) is 5. The summed E-state index contributed by atoms with van der Waals surface area (Å²) in [6, 6.07) is 8.38. The molecule has 0 saturated carbocycles. The minimum absolute atomic E-state index is 0.0684. The monoisotopic (exact) mass is 554 g/mol. The first-order chi connectivity index (χ1) is 19.9. The van der Waals surface area contributed by atoms with Crippen molar-refractivity contribution in [3.63, 3.8) is 0 Å². The molecular weight excluding hydrogens is 523 g/mol. The highest BCUT2D eigenvalue weighted by molar-refractivity contribution is 6.51. The third-order valence-corrected chi connectivity index (χ3v) is 8.65. The minimum atomic E-state index is -0.447. The first kappa shape index (κ1) is 25.6. The van der Waals surface area contributed by atoms with E-state index in [1.165, 1.54) is 12.1 Å². The molecule has 210 valence electrons. The number of imidazole rings is 1. The fourth-order valence-corrected chi connectivity index (χ4v) is 6.71. The molecule has 2 aliphatic heterocycles. The van der Waals surface area contributed by atoms with Crippen molar-refractivity contribution in [1.29, 1.82) is 0 Å². The van der Waals surface area contributed by atoms with Gasteiger partial charge in [-0.2, -0.15) is 0 Å². The number of allylic oxidation sites excluding steroid dienone is 2. The summed E-state index contributed by atoms with van der Waals surface area (Å²) in [6.07, 6.45) is 7.13. The van der Waals surface area contributed by atoms with Gasteiger partial charge < -0.3 is 19.7 Å². The standard InChI is InChI=1S/C31H31FN6O3/c1-35(16-19-5-7-33-8-6-19)31(41)37-11-10-36-18-23(22-13-21(32)12-20(17-37)30(22)36)28-25(39)14-26(40)29(28)24-15-34-27-4-2-3-9-38(24)27/h2-4,9,12-13,15,18-19,33H,5-8,10-11,14,16-17H2,1H3. The zero-order valence-corrected chi connectivity index (χ0v) is 22.9. The van der Waals surface area contributed by atoms with Gasteiger partial charge in [-0.3, -0.25) is 14.0 Å². The van der Waals surface area contributed by atoms with Gasteiger partial charge in [-0.25, -0.2) is 14.2 Å². The van der Waals surface area contributed by atoms with Gasteiger partial charge in [-0.15, -0.1) is 0 Å².